The van der Waals surface area contributed by atoms with Gasteiger partial charge in [0.25, 0.3) is 0 Å². The van der Waals surface area contributed by atoms with E-state index in [0.29, 0.717) is 10.8 Å². The summed E-state index contributed by atoms with van der Waals surface area (Å²) >= 11 is 6.03. The van der Waals surface area contributed by atoms with Crippen LogP contribution in [-0.4, -0.2) is 24.1 Å². The predicted molar refractivity (Wildman–Crippen MR) is 108 cm³/mol. The number of alkyl carbamates (subject to hydrolysis) is 1. The molecule has 7 heteroatoms. The Labute approximate surface area is 169 Å². The van der Waals surface area contributed by atoms with Gasteiger partial charge in [-0.15, -0.1) is 0 Å². The van der Waals surface area contributed by atoms with Gasteiger partial charge in [-0.05, 0) is 62.8 Å². The molecule has 0 spiro atoms. The average molecular weight is 407 g/mol. The van der Waals surface area contributed by atoms with E-state index in [4.69, 9.17) is 20.8 Å². The third-order valence-corrected chi connectivity index (χ3v) is 5.34. The molecule has 6 nitrogen and oxygen atoms in total. The maximum atomic E-state index is 12.6. The van der Waals surface area contributed by atoms with Crippen molar-refractivity contribution in [1.29, 1.82) is 0 Å². The molecule has 28 heavy (non-hydrogen) atoms. The SMILES string of the molecule is CC(N[C@H](C(=O)NC(=O)OC1CCCC1)C(C)C)c1cc2cc(Cl)ccc2o1. The number of hydrogen-bond donors (Lipinski definition) is 2. The van der Waals surface area contributed by atoms with Gasteiger partial charge < -0.3 is 9.15 Å². The second-order valence-corrected chi connectivity index (χ2v) is 8.18. The minimum absolute atomic E-state index is 0.0273. The summed E-state index contributed by atoms with van der Waals surface area (Å²) in [5, 5.41) is 7.17. The highest BCUT2D eigenvalue weighted by molar-refractivity contribution is 6.31. The van der Waals surface area contributed by atoms with Crippen molar-refractivity contribution >= 4 is 34.6 Å². The smallest absolute Gasteiger partial charge is 0.414 e. The number of benzene rings is 1. The van der Waals surface area contributed by atoms with Crippen molar-refractivity contribution in [3.63, 3.8) is 0 Å². The van der Waals surface area contributed by atoms with Crippen LogP contribution in [0, 0.1) is 5.92 Å². The molecular weight excluding hydrogens is 380 g/mol. The van der Waals surface area contributed by atoms with Crippen LogP contribution in [-0.2, 0) is 9.53 Å². The number of furan rings is 1. The largest absolute Gasteiger partial charge is 0.459 e. The summed E-state index contributed by atoms with van der Waals surface area (Å²) in [6.45, 7) is 5.76. The van der Waals surface area contributed by atoms with Gasteiger partial charge >= 0.3 is 6.09 Å². The molecule has 2 N–H and O–H groups in total. The predicted octanol–water partition coefficient (Wildman–Crippen LogP) is 4.96. The van der Waals surface area contributed by atoms with Gasteiger partial charge in [-0.25, -0.2) is 4.79 Å². The van der Waals surface area contributed by atoms with Crippen LogP contribution < -0.4 is 10.6 Å². The van der Waals surface area contributed by atoms with Crippen LogP contribution in [0.1, 0.15) is 58.3 Å². The Morgan fingerprint density at radius 2 is 1.89 bits per heavy atom. The van der Waals surface area contributed by atoms with Crippen molar-refractivity contribution in [3.8, 4) is 0 Å². The monoisotopic (exact) mass is 406 g/mol. The second kappa shape index (κ2) is 8.97. The number of amides is 2. The van der Waals surface area contributed by atoms with Crippen LogP contribution in [0.25, 0.3) is 11.0 Å². The highest BCUT2D eigenvalue weighted by Crippen LogP contribution is 2.27. The molecule has 1 saturated carbocycles. The fourth-order valence-corrected chi connectivity index (χ4v) is 3.72. The zero-order valence-corrected chi connectivity index (χ0v) is 17.2. The molecule has 152 valence electrons. The Morgan fingerprint density at radius 1 is 1.18 bits per heavy atom. The average Bonchev–Trinajstić information content (AvgIpc) is 3.27. The molecule has 1 fully saturated rings. The van der Waals surface area contributed by atoms with E-state index in [1.165, 1.54) is 0 Å². The molecule has 3 rings (SSSR count). The lowest BCUT2D eigenvalue weighted by atomic mass is 10.0. The number of imide groups is 1. The summed E-state index contributed by atoms with van der Waals surface area (Å²) in [6.07, 6.45) is 3.08. The number of fused-ring (bicyclic) bond motifs is 1. The third kappa shape index (κ3) is 5.06. The zero-order chi connectivity index (χ0) is 20.3. The summed E-state index contributed by atoms with van der Waals surface area (Å²) in [7, 11) is 0. The zero-order valence-electron chi connectivity index (χ0n) is 16.5. The number of carbonyl (C=O) groups is 2. The summed E-state index contributed by atoms with van der Waals surface area (Å²) in [4.78, 5) is 24.7. The van der Waals surface area contributed by atoms with E-state index in [0.717, 1.165) is 36.7 Å². The molecule has 0 aliphatic heterocycles. The molecule has 1 aromatic heterocycles. The van der Waals surface area contributed by atoms with Crippen LogP contribution in [0.3, 0.4) is 0 Å². The van der Waals surface area contributed by atoms with Gasteiger partial charge in [0.2, 0.25) is 5.91 Å². The van der Waals surface area contributed by atoms with Gasteiger partial charge in [0.15, 0.2) is 0 Å². The van der Waals surface area contributed by atoms with Crippen LogP contribution >= 0.6 is 11.6 Å². The summed E-state index contributed by atoms with van der Waals surface area (Å²) in [5.41, 5.74) is 0.735. The van der Waals surface area contributed by atoms with Crippen LogP contribution in [0.4, 0.5) is 4.79 Å². The lowest BCUT2D eigenvalue weighted by Gasteiger charge is -2.24. The van der Waals surface area contributed by atoms with Gasteiger partial charge in [0, 0.05) is 10.4 Å². The van der Waals surface area contributed by atoms with Crippen molar-refractivity contribution in [3.05, 3.63) is 35.0 Å². The number of nitrogens with one attached hydrogen (secondary N) is 2. The summed E-state index contributed by atoms with van der Waals surface area (Å²) < 4.78 is 11.2. The van der Waals surface area contributed by atoms with E-state index >= 15 is 0 Å². The Kier molecular flexibility index (Phi) is 6.62. The Morgan fingerprint density at radius 3 is 2.57 bits per heavy atom. The van der Waals surface area contributed by atoms with Crippen molar-refractivity contribution in [2.24, 2.45) is 5.92 Å². The first-order chi connectivity index (χ1) is 13.3. The van der Waals surface area contributed by atoms with E-state index in [9.17, 15) is 9.59 Å². The Bertz CT molecular complexity index is 842. The molecule has 1 aromatic carbocycles. The minimum atomic E-state index is -0.671. The molecule has 0 bridgehead atoms. The quantitative estimate of drug-likeness (QED) is 0.708. The lowest BCUT2D eigenvalue weighted by molar-refractivity contribution is -0.123. The van der Waals surface area contributed by atoms with Gasteiger partial charge in [0.05, 0.1) is 12.1 Å². The van der Waals surface area contributed by atoms with Gasteiger partial charge in [-0.1, -0.05) is 25.4 Å². The topological polar surface area (TPSA) is 80.6 Å². The van der Waals surface area contributed by atoms with Crippen LogP contribution in [0.5, 0.6) is 0 Å². The number of rotatable bonds is 6. The van der Waals surface area contributed by atoms with Crippen molar-refractivity contribution in [2.75, 3.05) is 0 Å². The van der Waals surface area contributed by atoms with E-state index in [1.807, 2.05) is 39.0 Å². The first-order valence-electron chi connectivity index (χ1n) is 9.80. The van der Waals surface area contributed by atoms with Crippen LogP contribution in [0.15, 0.2) is 28.7 Å². The van der Waals surface area contributed by atoms with Gasteiger partial charge in [-0.2, -0.15) is 0 Å². The van der Waals surface area contributed by atoms with Crippen molar-refractivity contribution in [2.45, 2.75) is 64.6 Å². The molecular formula is C21H27ClN2O4. The number of carbonyl (C=O) groups excluding carboxylic acids is 2. The fourth-order valence-electron chi connectivity index (χ4n) is 3.54. The lowest BCUT2D eigenvalue weighted by Crippen LogP contribution is -2.50. The number of ether oxygens (including phenoxy) is 1. The highest BCUT2D eigenvalue weighted by atomic mass is 35.5. The maximum Gasteiger partial charge on any atom is 0.414 e. The standard InChI is InChI=1S/C21H27ClN2O4/c1-12(2)19(20(25)24-21(26)27-16-6-4-5-7-16)23-13(3)18-11-14-10-15(22)8-9-17(14)28-18/h8-13,16,19,23H,4-7H2,1-3H3,(H,24,25,26)/t13?,19-/m0/s1. The first-order valence-corrected chi connectivity index (χ1v) is 10.2. The van der Waals surface area contributed by atoms with Crippen molar-refractivity contribution in [1.82, 2.24) is 10.6 Å². The summed E-state index contributed by atoms with van der Waals surface area (Å²) in [5.74, 6) is 0.272. The van der Waals surface area contributed by atoms with E-state index in [2.05, 4.69) is 10.6 Å². The highest BCUT2D eigenvalue weighted by Gasteiger charge is 2.28. The summed E-state index contributed by atoms with van der Waals surface area (Å²) in [6, 6.07) is 6.54. The molecule has 0 saturated heterocycles. The molecule has 1 heterocycles. The molecule has 1 unspecified atom stereocenters. The normalized spacial score (nSPS) is 17.0. The van der Waals surface area contributed by atoms with Gasteiger partial charge in [0.1, 0.15) is 17.4 Å². The molecule has 1 aliphatic carbocycles. The number of hydrogen-bond acceptors (Lipinski definition) is 5. The molecule has 2 amide bonds. The molecule has 2 aromatic rings. The number of halogens is 1. The molecule has 0 radical (unpaired) electrons. The van der Waals surface area contributed by atoms with E-state index in [-0.39, 0.29) is 18.1 Å². The minimum Gasteiger partial charge on any atom is -0.459 e. The van der Waals surface area contributed by atoms with E-state index in [1.54, 1.807) is 6.07 Å². The molecule has 2 atom stereocenters. The first kappa shape index (κ1) is 20.7. The van der Waals surface area contributed by atoms with E-state index < -0.39 is 18.0 Å². The molecule has 1 aliphatic rings. The Balaban J connectivity index is 1.63. The maximum absolute atomic E-state index is 12.6. The Hall–Kier alpha value is -2.05. The van der Waals surface area contributed by atoms with Crippen LogP contribution in [0.2, 0.25) is 5.02 Å². The third-order valence-electron chi connectivity index (χ3n) is 5.10. The fraction of sp³-hybridized carbons (Fsp3) is 0.524. The second-order valence-electron chi connectivity index (χ2n) is 7.74. The van der Waals surface area contributed by atoms with Gasteiger partial charge in [-0.3, -0.25) is 15.4 Å². The van der Waals surface area contributed by atoms with Crippen molar-refractivity contribution < 1.29 is 18.7 Å².